The first-order valence-corrected chi connectivity index (χ1v) is 12.2. The quantitative estimate of drug-likeness (QED) is 0.586. The summed E-state index contributed by atoms with van der Waals surface area (Å²) in [5.41, 5.74) is -0.313. The molecule has 1 saturated heterocycles. The molecule has 0 aromatic heterocycles. The number of nitrogens with zero attached hydrogens (tertiary/aromatic N) is 2. The van der Waals surface area contributed by atoms with Crippen LogP contribution in [0.15, 0.2) is 29.2 Å². The molecule has 1 fully saturated rings. The van der Waals surface area contributed by atoms with Crippen LogP contribution in [0.2, 0.25) is 0 Å². The number of morpholine rings is 1. The second-order valence-electron chi connectivity index (χ2n) is 9.11. The van der Waals surface area contributed by atoms with E-state index in [2.05, 4.69) is 5.32 Å². The fourth-order valence-electron chi connectivity index (χ4n) is 3.49. The molecule has 1 heterocycles. The minimum atomic E-state index is -3.64. The number of urea groups is 1. The van der Waals surface area contributed by atoms with Gasteiger partial charge in [-0.3, -0.25) is 0 Å². The molecule has 1 aromatic rings. The van der Waals surface area contributed by atoms with Crippen molar-refractivity contribution in [2.24, 2.45) is 11.3 Å². The van der Waals surface area contributed by atoms with Crippen LogP contribution < -0.4 is 10.1 Å². The van der Waals surface area contributed by atoms with Gasteiger partial charge in [-0.1, -0.05) is 27.7 Å². The molecule has 1 aromatic carbocycles. The van der Waals surface area contributed by atoms with Crippen molar-refractivity contribution >= 4 is 16.1 Å². The van der Waals surface area contributed by atoms with E-state index in [1.54, 1.807) is 40.6 Å². The van der Waals surface area contributed by atoms with Crippen LogP contribution in [0.1, 0.15) is 34.1 Å². The lowest BCUT2D eigenvalue weighted by Gasteiger charge is -2.33. The van der Waals surface area contributed by atoms with Gasteiger partial charge >= 0.3 is 6.03 Å². The van der Waals surface area contributed by atoms with E-state index in [1.807, 2.05) is 27.7 Å². The highest BCUT2D eigenvalue weighted by Crippen LogP contribution is 2.27. The number of sulfonamides is 1. The van der Waals surface area contributed by atoms with Gasteiger partial charge < -0.3 is 19.7 Å². The average molecular weight is 456 g/mol. The summed E-state index contributed by atoms with van der Waals surface area (Å²) in [6, 6.07) is 6.39. The van der Waals surface area contributed by atoms with E-state index in [9.17, 15) is 13.2 Å². The fourth-order valence-corrected chi connectivity index (χ4v) is 5.29. The zero-order chi connectivity index (χ0) is 23.1. The number of carbonyl (C=O) groups is 1. The zero-order valence-corrected chi connectivity index (χ0v) is 20.2. The third kappa shape index (κ3) is 7.66. The Bertz CT molecular complexity index is 803. The second-order valence-corrected chi connectivity index (χ2v) is 11.1. The van der Waals surface area contributed by atoms with Gasteiger partial charge in [0, 0.05) is 32.7 Å². The molecule has 31 heavy (non-hydrogen) atoms. The standard InChI is InChI=1S/C22H37N3O5S/c1-18(2)16-25(31(27,28)20-8-6-19(29-5)7-9-20)17-22(3,4)10-11-23-21(26)24-12-14-30-15-13-24/h6-9,18H,10-17H2,1-5H3,(H,23,26). The Labute approximate surface area is 186 Å². The van der Waals surface area contributed by atoms with Crippen molar-refractivity contribution in [3.8, 4) is 5.75 Å². The third-order valence-electron chi connectivity index (χ3n) is 5.25. The Morgan fingerprint density at radius 2 is 1.84 bits per heavy atom. The molecule has 0 radical (unpaired) electrons. The molecule has 1 aliphatic heterocycles. The average Bonchev–Trinajstić information content (AvgIpc) is 2.73. The van der Waals surface area contributed by atoms with Crippen molar-refractivity contribution in [2.45, 2.75) is 39.0 Å². The maximum atomic E-state index is 13.3. The van der Waals surface area contributed by atoms with E-state index >= 15 is 0 Å². The van der Waals surface area contributed by atoms with Gasteiger partial charge in [-0.25, -0.2) is 13.2 Å². The SMILES string of the molecule is COc1ccc(S(=O)(=O)N(CC(C)C)CC(C)(C)CCNC(=O)N2CCOCC2)cc1. The number of ether oxygens (including phenoxy) is 2. The number of amides is 2. The van der Waals surface area contributed by atoms with Gasteiger partial charge in [0.25, 0.3) is 0 Å². The van der Waals surface area contributed by atoms with E-state index in [0.717, 1.165) is 0 Å². The van der Waals surface area contributed by atoms with Crippen molar-refractivity contribution < 1.29 is 22.7 Å². The maximum absolute atomic E-state index is 13.3. The van der Waals surface area contributed by atoms with E-state index in [0.29, 0.717) is 58.1 Å². The molecule has 0 bridgehead atoms. The Kier molecular flexibility index (Phi) is 9.14. The number of hydrogen-bond acceptors (Lipinski definition) is 5. The number of hydrogen-bond donors (Lipinski definition) is 1. The molecule has 176 valence electrons. The molecule has 1 aliphatic rings. The minimum absolute atomic E-state index is 0.0935. The first-order valence-electron chi connectivity index (χ1n) is 10.8. The lowest BCUT2D eigenvalue weighted by molar-refractivity contribution is 0.0530. The van der Waals surface area contributed by atoms with Crippen LogP contribution >= 0.6 is 0 Å². The first-order chi connectivity index (χ1) is 14.5. The van der Waals surface area contributed by atoms with Crippen LogP contribution in [0, 0.1) is 11.3 Å². The molecule has 9 heteroatoms. The smallest absolute Gasteiger partial charge is 0.317 e. The predicted molar refractivity (Wildman–Crippen MR) is 121 cm³/mol. The Morgan fingerprint density at radius 1 is 1.23 bits per heavy atom. The molecule has 0 spiro atoms. The van der Waals surface area contributed by atoms with Gasteiger partial charge in [0.1, 0.15) is 5.75 Å². The summed E-state index contributed by atoms with van der Waals surface area (Å²) < 4.78 is 38.6. The summed E-state index contributed by atoms with van der Waals surface area (Å²) in [6.07, 6.45) is 0.663. The molecule has 0 atom stereocenters. The lowest BCUT2D eigenvalue weighted by atomic mass is 9.89. The van der Waals surface area contributed by atoms with Gasteiger partial charge in [-0.15, -0.1) is 0 Å². The summed E-state index contributed by atoms with van der Waals surface area (Å²) in [4.78, 5) is 14.3. The van der Waals surface area contributed by atoms with Gasteiger partial charge in [-0.2, -0.15) is 4.31 Å². The Hall–Kier alpha value is -1.84. The number of benzene rings is 1. The van der Waals surface area contributed by atoms with Crippen LogP contribution in [0.3, 0.4) is 0 Å². The highest BCUT2D eigenvalue weighted by Gasteiger charge is 2.31. The van der Waals surface area contributed by atoms with Crippen molar-refractivity contribution in [1.82, 2.24) is 14.5 Å². The maximum Gasteiger partial charge on any atom is 0.317 e. The summed E-state index contributed by atoms with van der Waals surface area (Å²) in [5, 5.41) is 2.96. The molecule has 1 N–H and O–H groups in total. The second kappa shape index (κ2) is 11.2. The van der Waals surface area contributed by atoms with E-state index < -0.39 is 10.0 Å². The van der Waals surface area contributed by atoms with E-state index in [4.69, 9.17) is 9.47 Å². The largest absolute Gasteiger partial charge is 0.497 e. The van der Waals surface area contributed by atoms with Crippen molar-refractivity contribution in [1.29, 1.82) is 0 Å². The van der Waals surface area contributed by atoms with Crippen molar-refractivity contribution in [3.05, 3.63) is 24.3 Å². The minimum Gasteiger partial charge on any atom is -0.497 e. The highest BCUT2D eigenvalue weighted by atomic mass is 32.2. The summed E-state index contributed by atoms with van der Waals surface area (Å²) in [5.74, 6) is 0.801. The van der Waals surface area contributed by atoms with Gasteiger partial charge in [0.15, 0.2) is 0 Å². The van der Waals surface area contributed by atoms with Crippen molar-refractivity contribution in [3.63, 3.8) is 0 Å². The highest BCUT2D eigenvalue weighted by molar-refractivity contribution is 7.89. The van der Waals surface area contributed by atoms with Crippen LogP contribution in [-0.2, 0) is 14.8 Å². The van der Waals surface area contributed by atoms with Gasteiger partial charge in [0.05, 0.1) is 25.2 Å². The van der Waals surface area contributed by atoms with Crippen molar-refractivity contribution in [2.75, 3.05) is 53.0 Å². The molecular weight excluding hydrogens is 418 g/mol. The fraction of sp³-hybridized carbons (Fsp3) is 0.682. The normalized spacial score (nSPS) is 15.4. The topological polar surface area (TPSA) is 88.2 Å². The third-order valence-corrected chi connectivity index (χ3v) is 7.07. The summed E-state index contributed by atoms with van der Waals surface area (Å²) >= 11 is 0. The number of nitrogens with one attached hydrogen (secondary N) is 1. The van der Waals surface area contributed by atoms with Crippen LogP contribution in [0.4, 0.5) is 4.79 Å². The number of carbonyl (C=O) groups excluding carboxylic acids is 1. The molecule has 8 nitrogen and oxygen atoms in total. The Balaban J connectivity index is 2.02. The van der Waals surface area contributed by atoms with Crippen LogP contribution in [0.25, 0.3) is 0 Å². The van der Waals surface area contributed by atoms with E-state index in [-0.39, 0.29) is 22.3 Å². The zero-order valence-electron chi connectivity index (χ0n) is 19.4. The van der Waals surface area contributed by atoms with Crippen LogP contribution in [-0.4, -0.2) is 76.7 Å². The number of rotatable bonds is 10. The molecular formula is C22H37N3O5S. The van der Waals surface area contributed by atoms with Gasteiger partial charge in [0.2, 0.25) is 10.0 Å². The van der Waals surface area contributed by atoms with E-state index in [1.165, 1.54) is 0 Å². The first kappa shape index (κ1) is 25.4. The number of methoxy groups -OCH3 is 1. The van der Waals surface area contributed by atoms with Gasteiger partial charge in [-0.05, 0) is 42.0 Å². The Morgan fingerprint density at radius 3 is 2.39 bits per heavy atom. The predicted octanol–water partition coefficient (Wildman–Crippen LogP) is 2.80. The molecule has 2 rings (SSSR count). The summed E-state index contributed by atoms with van der Waals surface area (Å²) in [6.45, 7) is 11.7. The molecule has 0 saturated carbocycles. The molecule has 0 aliphatic carbocycles. The molecule has 2 amide bonds. The molecule has 0 unspecified atom stereocenters. The monoisotopic (exact) mass is 455 g/mol. The van der Waals surface area contributed by atoms with Crippen LogP contribution in [0.5, 0.6) is 5.75 Å². The lowest BCUT2D eigenvalue weighted by Crippen LogP contribution is -2.47. The summed E-state index contributed by atoms with van der Waals surface area (Å²) in [7, 11) is -2.09.